The summed E-state index contributed by atoms with van der Waals surface area (Å²) in [5, 5.41) is 13.3. The zero-order chi connectivity index (χ0) is 10.7. The van der Waals surface area contributed by atoms with E-state index >= 15 is 0 Å². The maximum absolute atomic E-state index is 9.84. The smallest absolute Gasteiger partial charge is 0.0741 e. The molecule has 0 aliphatic heterocycles. The number of hydrogen-bond acceptors (Lipinski definition) is 2. The van der Waals surface area contributed by atoms with Crippen LogP contribution in [-0.2, 0) is 0 Å². The fourth-order valence-electron chi connectivity index (χ4n) is 2.07. The summed E-state index contributed by atoms with van der Waals surface area (Å²) in [4.78, 5) is 0. The number of rotatable bonds is 2. The summed E-state index contributed by atoms with van der Waals surface area (Å²) in [6.45, 7) is 0. The highest BCUT2D eigenvalue weighted by atomic mass is 127. The summed E-state index contributed by atoms with van der Waals surface area (Å²) in [6, 6.07) is 8.52. The molecule has 0 heterocycles. The first-order valence-corrected chi connectivity index (χ1v) is 6.54. The largest absolute Gasteiger partial charge is 0.391 e. The molecule has 1 aliphatic carbocycles. The summed E-state index contributed by atoms with van der Waals surface area (Å²) in [6.07, 6.45) is 4.20. The minimum atomic E-state index is -0.184. The van der Waals surface area contributed by atoms with Gasteiger partial charge >= 0.3 is 0 Å². The van der Waals surface area contributed by atoms with Gasteiger partial charge in [0.15, 0.2) is 0 Å². The second-order valence-corrected chi connectivity index (χ2v) is 5.36. The number of halogens is 1. The minimum absolute atomic E-state index is 0.184. The Labute approximate surface area is 104 Å². The molecular weight excluding hydrogens is 301 g/mol. The third kappa shape index (κ3) is 3.08. The first kappa shape index (κ1) is 11.2. The fourth-order valence-corrected chi connectivity index (χ4v) is 2.62. The van der Waals surface area contributed by atoms with Crippen LogP contribution in [-0.4, -0.2) is 17.3 Å². The number of aliphatic hydroxyl groups excluding tert-OH is 1. The predicted octanol–water partition coefficient (Wildman–Crippen LogP) is 3.01. The van der Waals surface area contributed by atoms with E-state index in [9.17, 15) is 5.11 Å². The third-order valence-electron chi connectivity index (χ3n) is 2.91. The summed E-state index contributed by atoms with van der Waals surface area (Å²) >= 11 is 2.30. The van der Waals surface area contributed by atoms with Crippen LogP contribution in [0, 0.1) is 3.57 Å². The van der Waals surface area contributed by atoms with Gasteiger partial charge in [-0.05, 0) is 53.6 Å². The van der Waals surface area contributed by atoms with Crippen molar-refractivity contribution in [2.45, 2.75) is 37.8 Å². The molecule has 1 aromatic rings. The van der Waals surface area contributed by atoms with Gasteiger partial charge in [0.2, 0.25) is 0 Å². The van der Waals surface area contributed by atoms with Crippen molar-refractivity contribution in [3.8, 4) is 0 Å². The van der Waals surface area contributed by atoms with Gasteiger partial charge in [-0.2, -0.15) is 0 Å². The van der Waals surface area contributed by atoms with Gasteiger partial charge in [-0.15, -0.1) is 0 Å². The zero-order valence-corrected chi connectivity index (χ0v) is 10.8. The Bertz CT molecular complexity index is 329. The van der Waals surface area contributed by atoms with Crippen molar-refractivity contribution >= 4 is 28.3 Å². The number of aliphatic hydroxyl groups is 1. The van der Waals surface area contributed by atoms with Crippen molar-refractivity contribution in [3.05, 3.63) is 27.8 Å². The highest BCUT2D eigenvalue weighted by Crippen LogP contribution is 2.22. The average molecular weight is 317 g/mol. The maximum atomic E-state index is 9.84. The third-order valence-corrected chi connectivity index (χ3v) is 3.58. The van der Waals surface area contributed by atoms with E-state index in [2.05, 4.69) is 46.1 Å². The van der Waals surface area contributed by atoms with Crippen LogP contribution < -0.4 is 5.32 Å². The fraction of sp³-hybridized carbons (Fsp3) is 0.500. The number of hydrogen-bond donors (Lipinski definition) is 2. The van der Waals surface area contributed by atoms with E-state index < -0.39 is 0 Å². The monoisotopic (exact) mass is 317 g/mol. The molecule has 0 amide bonds. The summed E-state index contributed by atoms with van der Waals surface area (Å²) in [7, 11) is 0. The second-order valence-electron chi connectivity index (χ2n) is 4.11. The molecule has 1 aliphatic rings. The molecule has 2 rings (SSSR count). The molecule has 2 N–H and O–H groups in total. The van der Waals surface area contributed by atoms with Crippen LogP contribution in [0.1, 0.15) is 25.7 Å². The Morgan fingerprint density at radius 2 is 2.07 bits per heavy atom. The topological polar surface area (TPSA) is 32.3 Å². The second kappa shape index (κ2) is 5.16. The van der Waals surface area contributed by atoms with Gasteiger partial charge in [0, 0.05) is 9.26 Å². The Morgan fingerprint density at radius 3 is 2.80 bits per heavy atom. The molecule has 1 saturated carbocycles. The number of anilines is 1. The molecule has 2 atom stereocenters. The molecule has 0 spiro atoms. The van der Waals surface area contributed by atoms with E-state index in [1.807, 2.05) is 6.07 Å². The molecule has 0 radical (unpaired) electrons. The molecule has 3 heteroatoms. The van der Waals surface area contributed by atoms with E-state index in [0.29, 0.717) is 0 Å². The van der Waals surface area contributed by atoms with Crippen molar-refractivity contribution in [1.29, 1.82) is 0 Å². The molecule has 0 aromatic heterocycles. The highest BCUT2D eigenvalue weighted by Gasteiger charge is 2.22. The first-order valence-electron chi connectivity index (χ1n) is 5.46. The SMILES string of the molecule is O[C@H]1CCCC[C@@H]1Nc1cccc(I)c1. The molecule has 0 bridgehead atoms. The first-order chi connectivity index (χ1) is 7.25. The van der Waals surface area contributed by atoms with Crippen molar-refractivity contribution in [1.82, 2.24) is 0 Å². The molecule has 15 heavy (non-hydrogen) atoms. The van der Waals surface area contributed by atoms with Crippen molar-refractivity contribution in [2.24, 2.45) is 0 Å². The van der Waals surface area contributed by atoms with Gasteiger partial charge in [-0.25, -0.2) is 0 Å². The van der Waals surface area contributed by atoms with Crippen LogP contribution in [0.3, 0.4) is 0 Å². The molecular formula is C12H16INO. The molecule has 2 nitrogen and oxygen atoms in total. The van der Waals surface area contributed by atoms with Crippen molar-refractivity contribution < 1.29 is 5.11 Å². The van der Waals surface area contributed by atoms with Crippen LogP contribution in [0.4, 0.5) is 5.69 Å². The van der Waals surface area contributed by atoms with E-state index in [1.54, 1.807) is 0 Å². The van der Waals surface area contributed by atoms with Crippen LogP contribution in [0.5, 0.6) is 0 Å². The lowest BCUT2D eigenvalue weighted by Gasteiger charge is -2.29. The molecule has 0 unspecified atom stereocenters. The molecule has 0 saturated heterocycles. The van der Waals surface area contributed by atoms with Crippen LogP contribution in [0.2, 0.25) is 0 Å². The lowest BCUT2D eigenvalue weighted by Crippen LogP contribution is -2.36. The predicted molar refractivity (Wildman–Crippen MR) is 71.0 cm³/mol. The lowest BCUT2D eigenvalue weighted by atomic mass is 9.92. The van der Waals surface area contributed by atoms with Crippen LogP contribution in [0.15, 0.2) is 24.3 Å². The van der Waals surface area contributed by atoms with Crippen molar-refractivity contribution in [3.63, 3.8) is 0 Å². The van der Waals surface area contributed by atoms with E-state index in [1.165, 1.54) is 9.99 Å². The summed E-state index contributed by atoms with van der Waals surface area (Å²) in [5.74, 6) is 0. The Balaban J connectivity index is 2.01. The van der Waals surface area contributed by atoms with E-state index in [-0.39, 0.29) is 12.1 Å². The Hall–Kier alpha value is -0.290. The summed E-state index contributed by atoms with van der Waals surface area (Å²) in [5.41, 5.74) is 1.12. The average Bonchev–Trinajstić information content (AvgIpc) is 2.22. The van der Waals surface area contributed by atoms with E-state index in [4.69, 9.17) is 0 Å². The standard InChI is InChI=1S/C12H16INO/c13-9-4-3-5-10(8-9)14-11-6-1-2-7-12(11)15/h3-5,8,11-12,14-15H,1-2,6-7H2/t11-,12-/m0/s1. The zero-order valence-electron chi connectivity index (χ0n) is 8.62. The number of benzene rings is 1. The summed E-state index contributed by atoms with van der Waals surface area (Å²) < 4.78 is 1.22. The van der Waals surface area contributed by atoms with Gasteiger partial charge in [-0.3, -0.25) is 0 Å². The minimum Gasteiger partial charge on any atom is -0.391 e. The lowest BCUT2D eigenvalue weighted by molar-refractivity contribution is 0.116. The van der Waals surface area contributed by atoms with Gasteiger partial charge < -0.3 is 10.4 Å². The number of nitrogens with one attached hydrogen (secondary N) is 1. The molecule has 1 aromatic carbocycles. The van der Waals surface area contributed by atoms with E-state index in [0.717, 1.165) is 24.9 Å². The quantitative estimate of drug-likeness (QED) is 0.822. The maximum Gasteiger partial charge on any atom is 0.0741 e. The van der Waals surface area contributed by atoms with Gasteiger partial charge in [-0.1, -0.05) is 18.9 Å². The highest BCUT2D eigenvalue weighted by molar-refractivity contribution is 14.1. The van der Waals surface area contributed by atoms with Gasteiger partial charge in [0.25, 0.3) is 0 Å². The van der Waals surface area contributed by atoms with Gasteiger partial charge in [0.1, 0.15) is 0 Å². The van der Waals surface area contributed by atoms with Crippen molar-refractivity contribution in [2.75, 3.05) is 5.32 Å². The Morgan fingerprint density at radius 1 is 1.27 bits per heavy atom. The van der Waals surface area contributed by atoms with Crippen LogP contribution in [0.25, 0.3) is 0 Å². The van der Waals surface area contributed by atoms with Crippen LogP contribution >= 0.6 is 22.6 Å². The normalized spacial score (nSPS) is 26.3. The Kier molecular flexibility index (Phi) is 3.86. The molecule has 82 valence electrons. The molecule has 1 fully saturated rings. The van der Waals surface area contributed by atoms with Gasteiger partial charge in [0.05, 0.1) is 12.1 Å².